The Kier molecular flexibility index (Phi) is 6.31. The molecule has 0 radical (unpaired) electrons. The van der Waals surface area contributed by atoms with Gasteiger partial charge in [-0.05, 0) is 55.0 Å². The molecule has 1 nitrogen and oxygen atoms in total. The van der Waals surface area contributed by atoms with Crippen molar-refractivity contribution in [2.75, 3.05) is 12.4 Å². The van der Waals surface area contributed by atoms with Crippen LogP contribution in [0.25, 0.3) is 0 Å². The normalized spacial score (nSPS) is 12.2. The van der Waals surface area contributed by atoms with Crippen molar-refractivity contribution in [1.82, 2.24) is 0 Å². The highest BCUT2D eigenvalue weighted by atomic mass is 79.9. The van der Waals surface area contributed by atoms with Gasteiger partial charge >= 0.3 is 0 Å². The van der Waals surface area contributed by atoms with E-state index in [9.17, 15) is 0 Å². The fraction of sp³-hybridized carbons (Fsp3) is 0.333. The maximum atomic E-state index is 5.48. The van der Waals surface area contributed by atoms with Crippen molar-refractivity contribution in [3.05, 3.63) is 63.6 Å². The van der Waals surface area contributed by atoms with Gasteiger partial charge in [-0.25, -0.2) is 0 Å². The van der Waals surface area contributed by atoms with E-state index < -0.39 is 0 Å². The standard InChI is InChI=1S/C18H20Br2O/c1-13-3-5-14(6-4-13)9-15(12-19)10-16-11-17(20)7-8-18(16)21-2/h3-8,11,15H,9-10,12H2,1-2H3. The van der Waals surface area contributed by atoms with Crippen LogP contribution in [0.15, 0.2) is 46.9 Å². The molecule has 2 aromatic rings. The zero-order valence-electron chi connectivity index (χ0n) is 12.4. The molecule has 0 saturated heterocycles. The van der Waals surface area contributed by atoms with Gasteiger partial charge in [0.2, 0.25) is 0 Å². The molecule has 0 aliphatic carbocycles. The van der Waals surface area contributed by atoms with Crippen LogP contribution in [-0.4, -0.2) is 12.4 Å². The van der Waals surface area contributed by atoms with Crippen molar-refractivity contribution < 1.29 is 4.74 Å². The third-order valence-electron chi connectivity index (χ3n) is 3.61. The molecule has 21 heavy (non-hydrogen) atoms. The molecule has 2 aromatic carbocycles. The average molecular weight is 412 g/mol. The van der Waals surface area contributed by atoms with E-state index in [1.165, 1.54) is 16.7 Å². The lowest BCUT2D eigenvalue weighted by Crippen LogP contribution is -2.11. The summed E-state index contributed by atoms with van der Waals surface area (Å²) in [5.41, 5.74) is 3.95. The van der Waals surface area contributed by atoms with Gasteiger partial charge < -0.3 is 4.74 Å². The number of hydrogen-bond acceptors (Lipinski definition) is 1. The van der Waals surface area contributed by atoms with Crippen molar-refractivity contribution in [2.45, 2.75) is 19.8 Å². The zero-order valence-corrected chi connectivity index (χ0v) is 15.6. The number of methoxy groups -OCH3 is 1. The summed E-state index contributed by atoms with van der Waals surface area (Å²) in [7, 11) is 1.73. The second-order valence-electron chi connectivity index (χ2n) is 5.37. The van der Waals surface area contributed by atoms with Gasteiger partial charge in [-0.3, -0.25) is 0 Å². The van der Waals surface area contributed by atoms with Gasteiger partial charge in [0.1, 0.15) is 5.75 Å². The summed E-state index contributed by atoms with van der Waals surface area (Å²) in [4.78, 5) is 0. The second kappa shape index (κ2) is 8.00. The average Bonchev–Trinajstić information content (AvgIpc) is 2.49. The predicted molar refractivity (Wildman–Crippen MR) is 96.6 cm³/mol. The minimum absolute atomic E-state index is 0.552. The molecule has 0 aliphatic heterocycles. The maximum absolute atomic E-state index is 5.48. The molecule has 112 valence electrons. The van der Waals surface area contributed by atoms with E-state index in [0.29, 0.717) is 5.92 Å². The highest BCUT2D eigenvalue weighted by Gasteiger charge is 2.13. The summed E-state index contributed by atoms with van der Waals surface area (Å²) in [5.74, 6) is 1.52. The first kappa shape index (κ1) is 16.6. The van der Waals surface area contributed by atoms with Crippen LogP contribution in [0.5, 0.6) is 5.75 Å². The third-order valence-corrected chi connectivity index (χ3v) is 5.02. The van der Waals surface area contributed by atoms with Crippen LogP contribution < -0.4 is 4.74 Å². The monoisotopic (exact) mass is 410 g/mol. The van der Waals surface area contributed by atoms with E-state index in [-0.39, 0.29) is 0 Å². The van der Waals surface area contributed by atoms with Gasteiger partial charge in [0.15, 0.2) is 0 Å². The van der Waals surface area contributed by atoms with Gasteiger partial charge in [0, 0.05) is 9.80 Å². The Hall–Kier alpha value is -0.800. The molecule has 0 heterocycles. The smallest absolute Gasteiger partial charge is 0.122 e. The van der Waals surface area contributed by atoms with Gasteiger partial charge in [-0.15, -0.1) is 0 Å². The molecule has 0 spiro atoms. The Morgan fingerprint density at radius 3 is 2.38 bits per heavy atom. The molecule has 0 amide bonds. The van der Waals surface area contributed by atoms with E-state index in [0.717, 1.165) is 28.4 Å². The van der Waals surface area contributed by atoms with E-state index in [4.69, 9.17) is 4.74 Å². The van der Waals surface area contributed by atoms with Crippen LogP contribution in [0.3, 0.4) is 0 Å². The van der Waals surface area contributed by atoms with Crippen LogP contribution in [-0.2, 0) is 12.8 Å². The number of benzene rings is 2. The minimum atomic E-state index is 0.552. The molecular formula is C18H20Br2O. The van der Waals surface area contributed by atoms with E-state index in [1.807, 2.05) is 12.1 Å². The number of alkyl halides is 1. The SMILES string of the molecule is COc1ccc(Br)cc1CC(CBr)Cc1ccc(C)cc1. The van der Waals surface area contributed by atoms with Crippen molar-refractivity contribution in [2.24, 2.45) is 5.92 Å². The van der Waals surface area contributed by atoms with Gasteiger partial charge in [0.25, 0.3) is 0 Å². The third kappa shape index (κ3) is 4.86. The molecule has 0 fully saturated rings. The van der Waals surface area contributed by atoms with E-state index in [2.05, 4.69) is 69.1 Å². The Bertz CT molecular complexity index is 578. The van der Waals surface area contributed by atoms with Crippen molar-refractivity contribution in [3.63, 3.8) is 0 Å². The molecule has 0 bridgehead atoms. The quantitative estimate of drug-likeness (QED) is 0.565. The molecule has 1 unspecified atom stereocenters. The summed E-state index contributed by atoms with van der Waals surface area (Å²) >= 11 is 7.20. The Balaban J connectivity index is 2.11. The van der Waals surface area contributed by atoms with Gasteiger partial charge in [0.05, 0.1) is 7.11 Å². The van der Waals surface area contributed by atoms with Crippen LogP contribution in [0, 0.1) is 12.8 Å². The van der Waals surface area contributed by atoms with Crippen LogP contribution in [0.1, 0.15) is 16.7 Å². The first-order chi connectivity index (χ1) is 10.1. The van der Waals surface area contributed by atoms with Gasteiger partial charge in [-0.1, -0.05) is 61.7 Å². The fourth-order valence-corrected chi connectivity index (χ4v) is 3.32. The summed E-state index contributed by atoms with van der Waals surface area (Å²) < 4.78 is 6.57. The van der Waals surface area contributed by atoms with Crippen LogP contribution in [0.4, 0.5) is 0 Å². The molecule has 0 N–H and O–H groups in total. The lowest BCUT2D eigenvalue weighted by molar-refractivity contribution is 0.405. The Morgan fingerprint density at radius 1 is 1.05 bits per heavy atom. The lowest BCUT2D eigenvalue weighted by atomic mass is 9.93. The Morgan fingerprint density at radius 2 is 1.76 bits per heavy atom. The largest absolute Gasteiger partial charge is 0.496 e. The highest BCUT2D eigenvalue weighted by Crippen LogP contribution is 2.27. The molecule has 2 rings (SSSR count). The van der Waals surface area contributed by atoms with Crippen LogP contribution >= 0.6 is 31.9 Å². The topological polar surface area (TPSA) is 9.23 Å². The van der Waals surface area contributed by atoms with Crippen molar-refractivity contribution in [3.8, 4) is 5.75 Å². The predicted octanol–water partition coefficient (Wildman–Crippen LogP) is 5.56. The molecule has 0 aliphatic rings. The maximum Gasteiger partial charge on any atom is 0.122 e. The summed E-state index contributed by atoms with van der Waals surface area (Å²) in [6.07, 6.45) is 2.07. The summed E-state index contributed by atoms with van der Waals surface area (Å²) in [6, 6.07) is 15.0. The number of halogens is 2. The number of ether oxygens (including phenoxy) is 1. The molecule has 0 aromatic heterocycles. The lowest BCUT2D eigenvalue weighted by Gasteiger charge is -2.17. The number of hydrogen-bond donors (Lipinski definition) is 0. The molecule has 0 saturated carbocycles. The highest BCUT2D eigenvalue weighted by molar-refractivity contribution is 9.10. The van der Waals surface area contributed by atoms with E-state index in [1.54, 1.807) is 7.11 Å². The Labute approximate surface area is 144 Å². The second-order valence-corrected chi connectivity index (χ2v) is 6.93. The van der Waals surface area contributed by atoms with Gasteiger partial charge in [-0.2, -0.15) is 0 Å². The first-order valence-corrected chi connectivity index (χ1v) is 8.97. The van der Waals surface area contributed by atoms with Crippen molar-refractivity contribution in [1.29, 1.82) is 0 Å². The van der Waals surface area contributed by atoms with Crippen molar-refractivity contribution >= 4 is 31.9 Å². The summed E-state index contributed by atoms with van der Waals surface area (Å²) in [5, 5.41) is 0.983. The van der Waals surface area contributed by atoms with Crippen LogP contribution in [0.2, 0.25) is 0 Å². The molecule has 1 atom stereocenters. The zero-order chi connectivity index (χ0) is 15.2. The van der Waals surface area contributed by atoms with E-state index >= 15 is 0 Å². The fourth-order valence-electron chi connectivity index (χ4n) is 2.46. The molecular weight excluding hydrogens is 392 g/mol. The minimum Gasteiger partial charge on any atom is -0.496 e. The number of aryl methyl sites for hydroxylation is 1. The molecule has 3 heteroatoms. The summed E-state index contributed by atoms with van der Waals surface area (Å²) in [6.45, 7) is 2.12. The number of rotatable bonds is 6. The first-order valence-electron chi connectivity index (χ1n) is 7.06.